The van der Waals surface area contributed by atoms with Gasteiger partial charge in [-0.2, -0.15) is 0 Å². The number of nitrogens with one attached hydrogen (secondary N) is 1. The molecule has 1 aromatic heterocycles. The largest absolute Gasteiger partial charge is 0.369 e. The maximum atomic E-state index is 5.96. The fourth-order valence-corrected chi connectivity index (χ4v) is 3.08. The Morgan fingerprint density at radius 1 is 1.42 bits per heavy atom. The molecule has 0 saturated heterocycles. The summed E-state index contributed by atoms with van der Waals surface area (Å²) >= 11 is 7.46. The lowest BCUT2D eigenvalue weighted by Crippen LogP contribution is -2.33. The highest BCUT2D eigenvalue weighted by Gasteiger charge is 2.18. The fraction of sp³-hybridized carbons (Fsp3) is 0.692. The molecule has 1 N–H and O–H groups in total. The molecular formula is C13H21ClN4S. The number of thioether (sulfide) groups is 1. The van der Waals surface area contributed by atoms with Crippen molar-refractivity contribution < 1.29 is 0 Å². The number of hydrogen-bond donors (Lipinski definition) is 1. The van der Waals surface area contributed by atoms with Crippen molar-refractivity contribution in [3.63, 3.8) is 0 Å². The summed E-state index contributed by atoms with van der Waals surface area (Å²) in [5.41, 5.74) is 0. The van der Waals surface area contributed by atoms with Gasteiger partial charge in [0.1, 0.15) is 11.0 Å². The minimum absolute atomic E-state index is 0.492. The molecule has 1 aliphatic rings. The van der Waals surface area contributed by atoms with Crippen LogP contribution in [0.2, 0.25) is 5.15 Å². The second kappa shape index (κ2) is 7.31. The van der Waals surface area contributed by atoms with E-state index in [0.717, 1.165) is 24.9 Å². The highest BCUT2D eigenvalue weighted by molar-refractivity contribution is 7.98. The first kappa shape index (κ1) is 14.9. The molecule has 0 bridgehead atoms. The highest BCUT2D eigenvalue weighted by atomic mass is 35.5. The lowest BCUT2D eigenvalue weighted by atomic mass is 10.2. The van der Waals surface area contributed by atoms with Crippen LogP contribution < -0.4 is 5.32 Å². The van der Waals surface area contributed by atoms with Crippen molar-refractivity contribution in [2.45, 2.75) is 36.9 Å². The van der Waals surface area contributed by atoms with Crippen LogP contribution in [-0.2, 0) is 0 Å². The number of likely N-dealkylation sites (N-methyl/N-ethyl adjacent to an activating group) is 1. The molecule has 1 fully saturated rings. The van der Waals surface area contributed by atoms with Crippen LogP contribution in [0.5, 0.6) is 0 Å². The van der Waals surface area contributed by atoms with Gasteiger partial charge in [0.25, 0.3) is 0 Å². The molecule has 1 saturated carbocycles. The van der Waals surface area contributed by atoms with Crippen LogP contribution in [0.4, 0.5) is 5.82 Å². The molecule has 1 aromatic rings. The Labute approximate surface area is 124 Å². The Hall–Kier alpha value is -0.520. The topological polar surface area (TPSA) is 41.1 Å². The summed E-state index contributed by atoms with van der Waals surface area (Å²) in [6.07, 6.45) is 7.38. The molecule has 0 atom stereocenters. The SMILES string of the molecule is CSc1nc(Cl)cc(NCCN(C)C2CCCC2)n1. The van der Waals surface area contributed by atoms with Crippen LogP contribution in [-0.4, -0.2) is 47.3 Å². The van der Waals surface area contributed by atoms with E-state index in [4.69, 9.17) is 11.6 Å². The van der Waals surface area contributed by atoms with Crippen LogP contribution in [0.3, 0.4) is 0 Å². The smallest absolute Gasteiger partial charge is 0.190 e. The molecule has 0 spiro atoms. The second-order valence-electron chi connectivity index (χ2n) is 4.91. The van der Waals surface area contributed by atoms with Crippen LogP contribution in [0.25, 0.3) is 0 Å². The van der Waals surface area contributed by atoms with E-state index in [0.29, 0.717) is 10.3 Å². The summed E-state index contributed by atoms with van der Waals surface area (Å²) in [5.74, 6) is 0.809. The van der Waals surface area contributed by atoms with Gasteiger partial charge in [-0.05, 0) is 26.1 Å². The first-order valence-electron chi connectivity index (χ1n) is 6.71. The summed E-state index contributed by atoms with van der Waals surface area (Å²) < 4.78 is 0. The summed E-state index contributed by atoms with van der Waals surface area (Å²) in [7, 11) is 2.21. The average Bonchev–Trinajstić information content (AvgIpc) is 2.92. The Bertz CT molecular complexity index is 410. The Balaban J connectivity index is 1.80. The third-order valence-corrected chi connectivity index (χ3v) is 4.32. The second-order valence-corrected chi connectivity index (χ2v) is 6.07. The van der Waals surface area contributed by atoms with Gasteiger partial charge < -0.3 is 10.2 Å². The third-order valence-electron chi connectivity index (χ3n) is 3.58. The van der Waals surface area contributed by atoms with Crippen molar-refractivity contribution in [3.8, 4) is 0 Å². The van der Waals surface area contributed by atoms with E-state index in [1.54, 1.807) is 6.07 Å². The van der Waals surface area contributed by atoms with E-state index in [1.807, 2.05) is 6.26 Å². The molecule has 1 heterocycles. The van der Waals surface area contributed by atoms with Gasteiger partial charge in [0.15, 0.2) is 5.16 Å². The molecule has 0 aliphatic heterocycles. The number of hydrogen-bond acceptors (Lipinski definition) is 5. The molecule has 0 unspecified atom stereocenters. The molecule has 6 heteroatoms. The van der Waals surface area contributed by atoms with Gasteiger partial charge in [0, 0.05) is 25.2 Å². The molecular weight excluding hydrogens is 280 g/mol. The van der Waals surface area contributed by atoms with Crippen LogP contribution >= 0.6 is 23.4 Å². The van der Waals surface area contributed by atoms with E-state index in [-0.39, 0.29) is 0 Å². The molecule has 4 nitrogen and oxygen atoms in total. The predicted molar refractivity (Wildman–Crippen MR) is 82.2 cm³/mol. The zero-order valence-electron chi connectivity index (χ0n) is 11.5. The Morgan fingerprint density at radius 2 is 2.16 bits per heavy atom. The molecule has 0 aromatic carbocycles. The molecule has 19 heavy (non-hydrogen) atoms. The number of nitrogens with zero attached hydrogens (tertiary/aromatic N) is 3. The average molecular weight is 301 g/mol. The first-order valence-corrected chi connectivity index (χ1v) is 8.32. The highest BCUT2D eigenvalue weighted by Crippen LogP contribution is 2.22. The van der Waals surface area contributed by atoms with Gasteiger partial charge >= 0.3 is 0 Å². The Morgan fingerprint density at radius 3 is 2.84 bits per heavy atom. The summed E-state index contributed by atoms with van der Waals surface area (Å²) in [6.45, 7) is 1.91. The van der Waals surface area contributed by atoms with E-state index in [9.17, 15) is 0 Å². The van der Waals surface area contributed by atoms with Gasteiger partial charge in [-0.3, -0.25) is 0 Å². The van der Waals surface area contributed by atoms with E-state index < -0.39 is 0 Å². The van der Waals surface area contributed by atoms with Gasteiger partial charge in [-0.25, -0.2) is 9.97 Å². The lowest BCUT2D eigenvalue weighted by Gasteiger charge is -2.24. The first-order chi connectivity index (χ1) is 9.19. The van der Waals surface area contributed by atoms with Gasteiger partial charge in [-0.15, -0.1) is 0 Å². The normalized spacial score (nSPS) is 16.2. The number of aromatic nitrogens is 2. The van der Waals surface area contributed by atoms with Crippen molar-refractivity contribution in [3.05, 3.63) is 11.2 Å². The van der Waals surface area contributed by atoms with Gasteiger partial charge in [0.2, 0.25) is 0 Å². The van der Waals surface area contributed by atoms with E-state index in [2.05, 4.69) is 27.2 Å². The molecule has 2 rings (SSSR count). The summed E-state index contributed by atoms with van der Waals surface area (Å²) in [6, 6.07) is 2.54. The van der Waals surface area contributed by atoms with Crippen molar-refractivity contribution in [1.29, 1.82) is 0 Å². The van der Waals surface area contributed by atoms with E-state index >= 15 is 0 Å². The monoisotopic (exact) mass is 300 g/mol. The molecule has 0 radical (unpaired) electrons. The quantitative estimate of drug-likeness (QED) is 0.496. The number of anilines is 1. The summed E-state index contributed by atoms with van der Waals surface area (Å²) in [4.78, 5) is 11.0. The zero-order chi connectivity index (χ0) is 13.7. The molecule has 0 amide bonds. The van der Waals surface area contributed by atoms with E-state index in [1.165, 1.54) is 37.4 Å². The number of rotatable bonds is 6. The number of halogens is 1. The minimum atomic E-state index is 0.492. The molecule has 106 valence electrons. The summed E-state index contributed by atoms with van der Waals surface area (Å²) in [5, 5.41) is 4.52. The van der Waals surface area contributed by atoms with Crippen LogP contribution in [0.15, 0.2) is 11.2 Å². The van der Waals surface area contributed by atoms with Crippen LogP contribution in [0, 0.1) is 0 Å². The standard InChI is InChI=1S/C13H21ClN4S/c1-18(10-5-3-4-6-10)8-7-15-12-9-11(14)16-13(17-12)19-2/h9-10H,3-8H2,1-2H3,(H,15,16,17). The molecule has 1 aliphatic carbocycles. The third kappa shape index (κ3) is 4.51. The van der Waals surface area contributed by atoms with Crippen molar-refractivity contribution in [2.24, 2.45) is 0 Å². The minimum Gasteiger partial charge on any atom is -0.369 e. The maximum Gasteiger partial charge on any atom is 0.190 e. The van der Waals surface area contributed by atoms with Gasteiger partial charge in [-0.1, -0.05) is 36.2 Å². The Kier molecular flexibility index (Phi) is 5.73. The predicted octanol–water partition coefficient (Wildman–Crippen LogP) is 3.14. The van der Waals surface area contributed by atoms with Gasteiger partial charge in [0.05, 0.1) is 0 Å². The van der Waals surface area contributed by atoms with Crippen molar-refractivity contribution >= 4 is 29.2 Å². The zero-order valence-corrected chi connectivity index (χ0v) is 13.1. The van der Waals surface area contributed by atoms with Crippen LogP contribution in [0.1, 0.15) is 25.7 Å². The van der Waals surface area contributed by atoms with Crippen molar-refractivity contribution in [1.82, 2.24) is 14.9 Å². The van der Waals surface area contributed by atoms with Crippen molar-refractivity contribution in [2.75, 3.05) is 31.7 Å². The fourth-order valence-electron chi connectivity index (χ4n) is 2.47. The lowest BCUT2D eigenvalue weighted by molar-refractivity contribution is 0.254. The maximum absolute atomic E-state index is 5.96.